The van der Waals surface area contributed by atoms with Gasteiger partial charge >= 0.3 is 6.36 Å². The average molecular weight is 403 g/mol. The fraction of sp³-hybridized carbons (Fsp3) is 0.235. The van der Waals surface area contributed by atoms with Crippen LogP contribution in [-0.2, 0) is 6.42 Å². The number of H-pyrrole nitrogens is 1. The van der Waals surface area contributed by atoms with Crippen LogP contribution in [0.15, 0.2) is 36.5 Å². The molecule has 3 N–H and O–H groups in total. The number of nitrogens with one attached hydrogen (secondary N) is 1. The van der Waals surface area contributed by atoms with Crippen LogP contribution in [0.3, 0.4) is 0 Å². The first kappa shape index (κ1) is 19.3. The molecule has 1 aromatic carbocycles. The Kier molecular flexibility index (Phi) is 5.45. The van der Waals surface area contributed by atoms with Crippen molar-refractivity contribution in [3.05, 3.63) is 52.9 Å². The number of rotatable bonds is 6. The second-order valence-electron chi connectivity index (χ2n) is 5.53. The number of hydrogen-bond donors (Lipinski definition) is 3. The molecule has 0 amide bonds. The summed E-state index contributed by atoms with van der Waals surface area (Å²) in [7, 11) is 0. The van der Waals surface area contributed by atoms with Gasteiger partial charge in [0.2, 0.25) is 0 Å². The molecule has 27 heavy (non-hydrogen) atoms. The number of aliphatic hydroxyl groups is 2. The van der Waals surface area contributed by atoms with Gasteiger partial charge < -0.3 is 24.7 Å². The van der Waals surface area contributed by atoms with Gasteiger partial charge in [0.25, 0.3) is 0 Å². The van der Waals surface area contributed by atoms with Crippen molar-refractivity contribution in [3.8, 4) is 11.5 Å². The van der Waals surface area contributed by atoms with Crippen LogP contribution in [0.2, 0.25) is 5.15 Å². The number of alkyl halides is 3. The monoisotopic (exact) mass is 402 g/mol. The van der Waals surface area contributed by atoms with Crippen molar-refractivity contribution in [1.29, 1.82) is 0 Å². The molecule has 0 aliphatic heterocycles. The highest BCUT2D eigenvalue weighted by molar-refractivity contribution is 6.33. The number of benzene rings is 1. The number of aromatic nitrogens is 2. The number of halogens is 4. The summed E-state index contributed by atoms with van der Waals surface area (Å²) in [5, 5.41) is 20.0. The molecule has 0 radical (unpaired) electrons. The van der Waals surface area contributed by atoms with Crippen LogP contribution in [0.25, 0.3) is 10.9 Å². The fourth-order valence-corrected chi connectivity index (χ4v) is 2.87. The summed E-state index contributed by atoms with van der Waals surface area (Å²) in [6, 6.07) is 6.66. The molecule has 0 saturated heterocycles. The summed E-state index contributed by atoms with van der Waals surface area (Å²) in [6.07, 6.45) is -4.69. The first-order valence-electron chi connectivity index (χ1n) is 7.74. The lowest BCUT2D eigenvalue weighted by molar-refractivity contribution is -0.274. The second kappa shape index (κ2) is 7.63. The van der Waals surface area contributed by atoms with Crippen LogP contribution in [0.5, 0.6) is 11.5 Å². The summed E-state index contributed by atoms with van der Waals surface area (Å²) in [5.74, 6) is -0.00512. The first-order chi connectivity index (χ1) is 12.7. The molecule has 6 nitrogen and oxygen atoms in total. The van der Waals surface area contributed by atoms with Crippen LogP contribution in [-0.4, -0.2) is 33.2 Å². The molecule has 0 aliphatic carbocycles. The number of fused-ring (bicyclic) bond motifs is 1. The van der Waals surface area contributed by atoms with Crippen LogP contribution in [0.4, 0.5) is 13.2 Å². The zero-order valence-corrected chi connectivity index (χ0v) is 14.4. The van der Waals surface area contributed by atoms with E-state index in [0.717, 1.165) is 12.1 Å². The number of aromatic amines is 1. The standard InChI is InChI=1S/C17H14ClF3N2O4/c18-15-13-11(5-7-22-15)12(14(23-13)16(24)25)6-8-26-9-1-3-10(4-2-9)27-17(19,20)21/h1-5,7,16,23-25H,6,8H2. The van der Waals surface area contributed by atoms with Crippen molar-refractivity contribution in [1.82, 2.24) is 9.97 Å². The Morgan fingerprint density at radius 3 is 2.41 bits per heavy atom. The van der Waals surface area contributed by atoms with Crippen LogP contribution in [0, 0.1) is 0 Å². The topological polar surface area (TPSA) is 87.6 Å². The summed E-state index contributed by atoms with van der Waals surface area (Å²) in [4.78, 5) is 6.77. The molecule has 3 aromatic rings. The SMILES string of the molecule is OC(O)c1[nH]c2c(Cl)nccc2c1CCOc1ccc(OC(F)(F)F)cc1. The largest absolute Gasteiger partial charge is 0.573 e. The van der Waals surface area contributed by atoms with E-state index in [9.17, 15) is 23.4 Å². The molecule has 0 atom stereocenters. The predicted octanol–water partition coefficient (Wildman–Crippen LogP) is 3.72. The molecule has 0 saturated carbocycles. The number of ether oxygens (including phenoxy) is 2. The van der Waals surface area contributed by atoms with Crippen molar-refractivity contribution in [2.75, 3.05) is 6.61 Å². The van der Waals surface area contributed by atoms with E-state index in [1.54, 1.807) is 6.07 Å². The molecule has 0 unspecified atom stereocenters. The normalized spacial score (nSPS) is 12.0. The van der Waals surface area contributed by atoms with Gasteiger partial charge in [0.05, 0.1) is 17.8 Å². The summed E-state index contributed by atoms with van der Waals surface area (Å²) >= 11 is 6.01. The Hall–Kier alpha value is -2.49. The summed E-state index contributed by atoms with van der Waals surface area (Å²) in [5.41, 5.74) is 1.25. The third kappa shape index (κ3) is 4.62. The lowest BCUT2D eigenvalue weighted by Crippen LogP contribution is -2.17. The van der Waals surface area contributed by atoms with E-state index in [4.69, 9.17) is 16.3 Å². The Balaban J connectivity index is 1.70. The molecule has 0 aliphatic rings. The molecule has 0 fully saturated rings. The van der Waals surface area contributed by atoms with Gasteiger partial charge in [-0.25, -0.2) is 4.98 Å². The Morgan fingerprint density at radius 1 is 1.11 bits per heavy atom. The summed E-state index contributed by atoms with van der Waals surface area (Å²) < 4.78 is 45.8. The Morgan fingerprint density at radius 2 is 1.78 bits per heavy atom. The minimum Gasteiger partial charge on any atom is -0.493 e. The second-order valence-corrected chi connectivity index (χ2v) is 5.89. The van der Waals surface area contributed by atoms with Crippen molar-refractivity contribution >= 4 is 22.5 Å². The maximum absolute atomic E-state index is 12.1. The van der Waals surface area contributed by atoms with Crippen LogP contribution in [0.1, 0.15) is 17.5 Å². The van der Waals surface area contributed by atoms with Crippen molar-refractivity contribution in [2.24, 2.45) is 0 Å². The van der Waals surface area contributed by atoms with E-state index >= 15 is 0 Å². The summed E-state index contributed by atoms with van der Waals surface area (Å²) in [6.45, 7) is 0.145. The first-order valence-corrected chi connectivity index (χ1v) is 8.12. The van der Waals surface area contributed by atoms with Gasteiger partial charge in [-0.2, -0.15) is 0 Å². The van der Waals surface area contributed by atoms with Crippen LogP contribution < -0.4 is 9.47 Å². The highest BCUT2D eigenvalue weighted by atomic mass is 35.5. The van der Waals surface area contributed by atoms with E-state index in [-0.39, 0.29) is 23.2 Å². The molecule has 10 heteroatoms. The number of aliphatic hydroxyl groups excluding tert-OH is 1. The van der Waals surface area contributed by atoms with Crippen molar-refractivity contribution in [3.63, 3.8) is 0 Å². The average Bonchev–Trinajstić information content (AvgIpc) is 2.96. The number of hydrogen-bond acceptors (Lipinski definition) is 5. The zero-order valence-electron chi connectivity index (χ0n) is 13.6. The van der Waals surface area contributed by atoms with Crippen LogP contribution >= 0.6 is 11.6 Å². The molecule has 3 rings (SSSR count). The lowest BCUT2D eigenvalue weighted by atomic mass is 10.1. The third-order valence-corrected chi connectivity index (χ3v) is 4.04. The zero-order chi connectivity index (χ0) is 19.6. The highest BCUT2D eigenvalue weighted by Crippen LogP contribution is 2.30. The third-order valence-electron chi connectivity index (χ3n) is 3.75. The van der Waals surface area contributed by atoms with Gasteiger partial charge in [-0.15, -0.1) is 13.2 Å². The van der Waals surface area contributed by atoms with Gasteiger partial charge in [0, 0.05) is 18.0 Å². The molecule has 0 spiro atoms. The molecule has 2 aromatic heterocycles. The minimum absolute atomic E-state index is 0.145. The minimum atomic E-state index is -4.75. The van der Waals surface area contributed by atoms with E-state index < -0.39 is 12.7 Å². The van der Waals surface area contributed by atoms with Gasteiger partial charge in [0.15, 0.2) is 11.4 Å². The quantitative estimate of drug-likeness (QED) is 0.432. The number of pyridine rings is 1. The fourth-order valence-electron chi connectivity index (χ4n) is 2.66. The van der Waals surface area contributed by atoms with E-state index in [0.29, 0.717) is 28.6 Å². The predicted molar refractivity (Wildman–Crippen MR) is 90.6 cm³/mol. The number of nitrogens with zero attached hydrogens (tertiary/aromatic N) is 1. The van der Waals surface area contributed by atoms with E-state index in [1.165, 1.54) is 18.3 Å². The van der Waals surface area contributed by atoms with Gasteiger partial charge in [-0.3, -0.25) is 0 Å². The van der Waals surface area contributed by atoms with Gasteiger partial charge in [0.1, 0.15) is 11.5 Å². The Bertz CT molecular complexity index is 926. The van der Waals surface area contributed by atoms with E-state index in [1.807, 2.05) is 0 Å². The maximum Gasteiger partial charge on any atom is 0.573 e. The molecular formula is C17H14ClF3N2O4. The van der Waals surface area contributed by atoms with Gasteiger partial charge in [-0.1, -0.05) is 11.6 Å². The Labute approximate surface area is 156 Å². The van der Waals surface area contributed by atoms with Crippen molar-refractivity contribution in [2.45, 2.75) is 19.1 Å². The molecule has 2 heterocycles. The maximum atomic E-state index is 12.1. The molecule has 144 valence electrons. The lowest BCUT2D eigenvalue weighted by Gasteiger charge is -2.11. The smallest absolute Gasteiger partial charge is 0.493 e. The van der Waals surface area contributed by atoms with E-state index in [2.05, 4.69) is 14.7 Å². The van der Waals surface area contributed by atoms with Gasteiger partial charge in [-0.05, 0) is 35.9 Å². The molecular weight excluding hydrogens is 389 g/mol. The molecule has 0 bridgehead atoms. The highest BCUT2D eigenvalue weighted by Gasteiger charge is 2.31. The van der Waals surface area contributed by atoms with Crippen molar-refractivity contribution < 1.29 is 32.9 Å².